The molecule has 6 heteroatoms. The Morgan fingerprint density at radius 3 is 2.83 bits per heavy atom. The second-order valence-electron chi connectivity index (χ2n) is 4.27. The summed E-state index contributed by atoms with van der Waals surface area (Å²) in [5, 5.41) is 9.51. The molecule has 3 amide bonds. The number of anilines is 1. The third-order valence-corrected chi connectivity index (χ3v) is 3.03. The number of hydrazone groups is 1. The normalized spacial score (nSPS) is 18.1. The quantitative estimate of drug-likeness (QED) is 0.687. The van der Waals surface area contributed by atoms with Crippen molar-refractivity contribution in [3.63, 3.8) is 0 Å². The summed E-state index contributed by atoms with van der Waals surface area (Å²) in [6, 6.07) is 5.57. The molecule has 0 atom stereocenters. The third kappa shape index (κ3) is 1.92. The van der Waals surface area contributed by atoms with Crippen molar-refractivity contribution in [1.82, 2.24) is 10.7 Å². The van der Waals surface area contributed by atoms with E-state index in [1.165, 1.54) is 0 Å². The van der Waals surface area contributed by atoms with Crippen molar-refractivity contribution >= 4 is 23.3 Å². The predicted molar refractivity (Wildman–Crippen MR) is 66.2 cm³/mol. The fraction of sp³-hybridized carbons (Fsp3) is 0.250. The molecule has 0 fully saturated rings. The summed E-state index contributed by atoms with van der Waals surface area (Å²) in [5.41, 5.74) is 6.17. The maximum atomic E-state index is 11.2. The van der Waals surface area contributed by atoms with Crippen molar-refractivity contribution in [2.24, 2.45) is 5.10 Å². The number of hydrogen-bond donors (Lipinski definition) is 3. The minimum atomic E-state index is -0.183. The zero-order valence-corrected chi connectivity index (χ0v) is 9.62. The molecule has 2 aliphatic heterocycles. The molecule has 0 unspecified atom stereocenters. The second-order valence-corrected chi connectivity index (χ2v) is 4.27. The van der Waals surface area contributed by atoms with Gasteiger partial charge in [-0.25, -0.2) is 10.2 Å². The van der Waals surface area contributed by atoms with Crippen LogP contribution >= 0.6 is 0 Å². The van der Waals surface area contributed by atoms with Crippen LogP contribution in [0.2, 0.25) is 0 Å². The van der Waals surface area contributed by atoms with E-state index in [0.717, 1.165) is 22.5 Å². The van der Waals surface area contributed by atoms with Crippen molar-refractivity contribution < 1.29 is 9.59 Å². The number of benzene rings is 1. The van der Waals surface area contributed by atoms with Gasteiger partial charge < -0.3 is 10.6 Å². The van der Waals surface area contributed by atoms with E-state index in [-0.39, 0.29) is 11.9 Å². The van der Waals surface area contributed by atoms with E-state index in [0.29, 0.717) is 19.4 Å². The molecular formula is C12H12N4O2. The molecule has 18 heavy (non-hydrogen) atoms. The van der Waals surface area contributed by atoms with Gasteiger partial charge in [0.1, 0.15) is 0 Å². The van der Waals surface area contributed by atoms with Gasteiger partial charge in [0.05, 0.1) is 5.71 Å². The van der Waals surface area contributed by atoms with Crippen LogP contribution in [0.15, 0.2) is 23.3 Å². The van der Waals surface area contributed by atoms with Gasteiger partial charge >= 0.3 is 6.03 Å². The van der Waals surface area contributed by atoms with Crippen LogP contribution in [0.1, 0.15) is 24.0 Å². The lowest BCUT2D eigenvalue weighted by Gasteiger charge is -2.20. The van der Waals surface area contributed by atoms with E-state index in [1.807, 2.05) is 18.2 Å². The van der Waals surface area contributed by atoms with E-state index >= 15 is 0 Å². The molecule has 0 aliphatic carbocycles. The van der Waals surface area contributed by atoms with Gasteiger partial charge in [-0.3, -0.25) is 4.79 Å². The predicted octanol–water partition coefficient (Wildman–Crippen LogP) is 0.936. The van der Waals surface area contributed by atoms with Crippen molar-refractivity contribution in [2.75, 3.05) is 5.32 Å². The Bertz CT molecular complexity index is 565. The van der Waals surface area contributed by atoms with E-state index < -0.39 is 0 Å². The van der Waals surface area contributed by atoms with Crippen LogP contribution in [0, 0.1) is 0 Å². The van der Waals surface area contributed by atoms with Gasteiger partial charge in [-0.05, 0) is 23.3 Å². The summed E-state index contributed by atoms with van der Waals surface area (Å²) in [4.78, 5) is 22.2. The maximum absolute atomic E-state index is 11.2. The van der Waals surface area contributed by atoms with Gasteiger partial charge in [-0.15, -0.1) is 0 Å². The molecule has 3 N–H and O–H groups in total. The number of carbonyl (C=O) groups excluding carboxylic acids is 2. The van der Waals surface area contributed by atoms with E-state index in [2.05, 4.69) is 21.2 Å². The summed E-state index contributed by atoms with van der Waals surface area (Å²) >= 11 is 0. The van der Waals surface area contributed by atoms with Crippen LogP contribution in [0.3, 0.4) is 0 Å². The number of carbonyl (C=O) groups is 2. The molecule has 92 valence electrons. The highest BCUT2D eigenvalue weighted by Gasteiger charge is 2.17. The van der Waals surface area contributed by atoms with Gasteiger partial charge in [0, 0.05) is 25.1 Å². The van der Waals surface area contributed by atoms with Crippen molar-refractivity contribution in [2.45, 2.75) is 19.4 Å². The number of hydrogen-bond acceptors (Lipinski definition) is 3. The first-order valence-electron chi connectivity index (χ1n) is 5.76. The summed E-state index contributed by atoms with van der Waals surface area (Å²) in [6.45, 7) is 0.509. The first kappa shape index (κ1) is 10.8. The number of amides is 3. The zero-order valence-electron chi connectivity index (χ0n) is 9.62. The lowest BCUT2D eigenvalue weighted by molar-refractivity contribution is -0.121. The molecule has 1 aromatic rings. The zero-order chi connectivity index (χ0) is 12.5. The number of urea groups is 1. The Balaban J connectivity index is 1.91. The molecule has 0 saturated carbocycles. The molecule has 6 nitrogen and oxygen atoms in total. The number of rotatable bonds is 1. The van der Waals surface area contributed by atoms with Crippen LogP contribution in [0.25, 0.3) is 0 Å². The van der Waals surface area contributed by atoms with Crippen molar-refractivity contribution in [1.29, 1.82) is 0 Å². The van der Waals surface area contributed by atoms with Crippen LogP contribution in [0.4, 0.5) is 10.5 Å². The minimum absolute atomic E-state index is 0.0503. The molecule has 1 aromatic carbocycles. The van der Waals surface area contributed by atoms with E-state index in [1.54, 1.807) is 0 Å². The highest BCUT2D eigenvalue weighted by atomic mass is 16.2. The van der Waals surface area contributed by atoms with Crippen LogP contribution in [-0.4, -0.2) is 17.6 Å². The smallest absolute Gasteiger partial charge is 0.319 e. The third-order valence-electron chi connectivity index (χ3n) is 3.03. The molecule has 0 aromatic heterocycles. The van der Waals surface area contributed by atoms with Gasteiger partial charge in [0.25, 0.3) is 0 Å². The van der Waals surface area contributed by atoms with Gasteiger partial charge in [-0.1, -0.05) is 6.07 Å². The van der Waals surface area contributed by atoms with Crippen LogP contribution in [-0.2, 0) is 11.3 Å². The fourth-order valence-corrected chi connectivity index (χ4v) is 2.07. The Morgan fingerprint density at radius 2 is 2.06 bits per heavy atom. The average molecular weight is 244 g/mol. The number of nitrogens with zero attached hydrogens (tertiary/aromatic N) is 1. The van der Waals surface area contributed by atoms with Gasteiger partial charge in [0.2, 0.25) is 5.91 Å². The topological polar surface area (TPSA) is 82.6 Å². The highest BCUT2D eigenvalue weighted by molar-refractivity contribution is 6.05. The Kier molecular flexibility index (Phi) is 2.47. The average Bonchev–Trinajstić information content (AvgIpc) is 2.39. The highest BCUT2D eigenvalue weighted by Crippen LogP contribution is 2.22. The lowest BCUT2D eigenvalue weighted by atomic mass is 10.0. The summed E-state index contributed by atoms with van der Waals surface area (Å²) < 4.78 is 0. The summed E-state index contributed by atoms with van der Waals surface area (Å²) in [6.07, 6.45) is 1.11. The SMILES string of the molecule is O=C1CCC(c2ccc3c(c2)CNC(=O)N3)=NN1. The van der Waals surface area contributed by atoms with Crippen LogP contribution in [0.5, 0.6) is 0 Å². The van der Waals surface area contributed by atoms with Crippen molar-refractivity contribution in [3.05, 3.63) is 29.3 Å². The minimum Gasteiger partial charge on any atom is -0.334 e. The Morgan fingerprint density at radius 1 is 1.17 bits per heavy atom. The van der Waals surface area contributed by atoms with E-state index in [9.17, 15) is 9.59 Å². The fourth-order valence-electron chi connectivity index (χ4n) is 2.07. The first-order chi connectivity index (χ1) is 8.72. The maximum Gasteiger partial charge on any atom is 0.319 e. The van der Waals surface area contributed by atoms with Gasteiger partial charge in [-0.2, -0.15) is 5.10 Å². The Hall–Kier alpha value is -2.37. The lowest BCUT2D eigenvalue weighted by Crippen LogP contribution is -2.33. The molecule has 0 bridgehead atoms. The summed E-state index contributed by atoms with van der Waals surface area (Å²) in [5.74, 6) is -0.0503. The first-order valence-corrected chi connectivity index (χ1v) is 5.76. The Labute approximate surface area is 103 Å². The molecular weight excluding hydrogens is 232 g/mol. The number of nitrogens with one attached hydrogen (secondary N) is 3. The van der Waals surface area contributed by atoms with Gasteiger partial charge in [0.15, 0.2) is 0 Å². The monoisotopic (exact) mass is 244 g/mol. The van der Waals surface area contributed by atoms with E-state index in [4.69, 9.17) is 0 Å². The molecule has 2 aliphatic rings. The molecule has 3 rings (SSSR count). The summed E-state index contributed by atoms with van der Waals surface area (Å²) in [7, 11) is 0. The molecule has 0 spiro atoms. The van der Waals surface area contributed by atoms with Crippen molar-refractivity contribution in [3.8, 4) is 0 Å². The largest absolute Gasteiger partial charge is 0.334 e. The second kappa shape index (κ2) is 4.14. The number of fused-ring (bicyclic) bond motifs is 1. The standard InChI is InChI=1S/C12H12N4O2/c17-11-4-3-10(15-16-11)7-1-2-9-8(5-7)6-13-12(18)14-9/h1-2,5H,3-4,6H2,(H,16,17)(H2,13,14,18). The molecule has 0 radical (unpaired) electrons. The van der Waals surface area contributed by atoms with Crippen LogP contribution < -0.4 is 16.1 Å². The molecule has 2 heterocycles. The molecule has 0 saturated heterocycles.